The second-order valence-electron chi connectivity index (χ2n) is 10.8. The van der Waals surface area contributed by atoms with Crippen molar-refractivity contribution in [1.82, 2.24) is 0 Å². The van der Waals surface area contributed by atoms with Crippen molar-refractivity contribution in [3.05, 3.63) is 24.3 Å². The fourth-order valence-electron chi connectivity index (χ4n) is 6.13. The van der Waals surface area contributed by atoms with E-state index in [2.05, 4.69) is 13.0 Å². The number of nitriles is 1. The van der Waals surface area contributed by atoms with Gasteiger partial charge in [-0.25, -0.2) is 0 Å². The first-order valence-corrected chi connectivity index (χ1v) is 14.0. The molecule has 0 amide bonds. The van der Waals surface area contributed by atoms with Crippen LogP contribution in [0.15, 0.2) is 24.3 Å². The molecule has 0 aromatic carbocycles. The van der Waals surface area contributed by atoms with Crippen molar-refractivity contribution in [1.29, 1.82) is 5.26 Å². The molecule has 0 spiro atoms. The summed E-state index contributed by atoms with van der Waals surface area (Å²) in [6, 6.07) is 2.03. The lowest BCUT2D eigenvalue weighted by molar-refractivity contribution is 0.232. The Bertz CT molecular complexity index is 509. The molecular formula is C30H51N. The largest absolute Gasteiger partial charge is 0.193 e. The van der Waals surface area contributed by atoms with Crippen molar-refractivity contribution in [2.75, 3.05) is 0 Å². The number of rotatable bonds is 15. The SMILES string of the molecule is CCCCCCCC1CCC(CCCCC2CCC(CC/C=C/C=C/C#N)CC2)CC1. The van der Waals surface area contributed by atoms with E-state index in [1.165, 1.54) is 128 Å². The molecule has 0 aromatic rings. The summed E-state index contributed by atoms with van der Waals surface area (Å²) < 4.78 is 0. The first-order chi connectivity index (χ1) is 15.3. The zero-order chi connectivity index (χ0) is 22.0. The van der Waals surface area contributed by atoms with E-state index in [4.69, 9.17) is 5.26 Å². The zero-order valence-corrected chi connectivity index (χ0v) is 20.7. The highest BCUT2D eigenvalue weighted by Gasteiger charge is 2.22. The minimum atomic E-state index is 0.947. The highest BCUT2D eigenvalue weighted by molar-refractivity contribution is 5.11. The molecular weight excluding hydrogens is 374 g/mol. The number of allylic oxidation sites excluding steroid dienone is 4. The molecule has 0 aliphatic heterocycles. The quantitative estimate of drug-likeness (QED) is 0.145. The highest BCUT2D eigenvalue weighted by atomic mass is 14.3. The maximum atomic E-state index is 8.48. The Kier molecular flexibility index (Phi) is 14.8. The van der Waals surface area contributed by atoms with E-state index < -0.39 is 0 Å². The van der Waals surface area contributed by atoms with Gasteiger partial charge in [-0.1, -0.05) is 141 Å². The van der Waals surface area contributed by atoms with Gasteiger partial charge in [-0.3, -0.25) is 0 Å². The van der Waals surface area contributed by atoms with Crippen molar-refractivity contribution in [2.45, 2.75) is 135 Å². The summed E-state index contributed by atoms with van der Waals surface area (Å²) >= 11 is 0. The van der Waals surface area contributed by atoms with Crippen LogP contribution in [-0.2, 0) is 0 Å². The topological polar surface area (TPSA) is 23.8 Å². The maximum Gasteiger partial charge on any atom is 0.0912 e. The van der Waals surface area contributed by atoms with Gasteiger partial charge in [-0.05, 0) is 36.5 Å². The molecule has 0 N–H and O–H groups in total. The van der Waals surface area contributed by atoms with Crippen LogP contribution >= 0.6 is 0 Å². The lowest BCUT2D eigenvalue weighted by Crippen LogP contribution is -2.15. The molecule has 0 bridgehead atoms. The number of hydrogen-bond donors (Lipinski definition) is 0. The molecule has 176 valence electrons. The third-order valence-corrected chi connectivity index (χ3v) is 8.28. The predicted molar refractivity (Wildman–Crippen MR) is 136 cm³/mol. The van der Waals surface area contributed by atoms with E-state index >= 15 is 0 Å². The van der Waals surface area contributed by atoms with Gasteiger partial charge in [0.15, 0.2) is 0 Å². The molecule has 0 heterocycles. The summed E-state index contributed by atoms with van der Waals surface area (Å²) in [6.07, 6.45) is 36.9. The van der Waals surface area contributed by atoms with Gasteiger partial charge in [-0.2, -0.15) is 5.26 Å². The van der Waals surface area contributed by atoms with E-state index in [-0.39, 0.29) is 0 Å². The molecule has 2 saturated carbocycles. The molecule has 2 aliphatic carbocycles. The van der Waals surface area contributed by atoms with Crippen LogP contribution in [0.3, 0.4) is 0 Å². The Hall–Kier alpha value is -1.03. The fourth-order valence-corrected chi connectivity index (χ4v) is 6.13. The Balaban J connectivity index is 1.42. The van der Waals surface area contributed by atoms with Gasteiger partial charge in [0.1, 0.15) is 0 Å². The van der Waals surface area contributed by atoms with Crippen LogP contribution < -0.4 is 0 Å². The third kappa shape index (κ3) is 12.6. The van der Waals surface area contributed by atoms with Crippen LogP contribution in [-0.4, -0.2) is 0 Å². The van der Waals surface area contributed by atoms with Gasteiger partial charge in [0.25, 0.3) is 0 Å². The van der Waals surface area contributed by atoms with Crippen molar-refractivity contribution in [2.24, 2.45) is 23.7 Å². The van der Waals surface area contributed by atoms with E-state index in [0.717, 1.165) is 23.7 Å². The van der Waals surface area contributed by atoms with Gasteiger partial charge in [0.2, 0.25) is 0 Å². The number of nitrogens with zero attached hydrogens (tertiary/aromatic N) is 1. The molecule has 0 unspecified atom stereocenters. The standard InChI is InChI=1S/C30H51N/c1-2-3-4-6-9-14-27-18-22-29(23-19-27)16-11-12-17-30-24-20-28(21-25-30)15-10-7-5-8-13-26-31/h5,7-8,13,27-30H,2-4,6,9-12,14-25H2,1H3/b7-5+,13-8+. The molecule has 1 heteroatoms. The van der Waals surface area contributed by atoms with Crippen molar-refractivity contribution in [3.63, 3.8) is 0 Å². The van der Waals surface area contributed by atoms with Gasteiger partial charge < -0.3 is 0 Å². The summed E-state index contributed by atoms with van der Waals surface area (Å²) in [5, 5.41) is 8.48. The summed E-state index contributed by atoms with van der Waals surface area (Å²) in [5.41, 5.74) is 0. The summed E-state index contributed by atoms with van der Waals surface area (Å²) in [6.45, 7) is 2.31. The molecule has 1 nitrogen and oxygen atoms in total. The predicted octanol–water partition coefficient (Wildman–Crippen LogP) is 9.94. The molecule has 0 atom stereocenters. The zero-order valence-electron chi connectivity index (χ0n) is 20.7. The molecule has 2 rings (SSSR count). The lowest BCUT2D eigenvalue weighted by atomic mass is 9.76. The van der Waals surface area contributed by atoms with Crippen LogP contribution in [0.1, 0.15) is 135 Å². The third-order valence-electron chi connectivity index (χ3n) is 8.28. The molecule has 2 aliphatic rings. The molecule has 31 heavy (non-hydrogen) atoms. The molecule has 0 radical (unpaired) electrons. The molecule has 0 aromatic heterocycles. The number of hydrogen-bond acceptors (Lipinski definition) is 1. The van der Waals surface area contributed by atoms with Crippen molar-refractivity contribution in [3.8, 4) is 6.07 Å². The Morgan fingerprint density at radius 3 is 1.55 bits per heavy atom. The van der Waals surface area contributed by atoms with Crippen LogP contribution in [0.4, 0.5) is 0 Å². The van der Waals surface area contributed by atoms with Crippen LogP contribution in [0.2, 0.25) is 0 Å². The van der Waals surface area contributed by atoms with Crippen molar-refractivity contribution >= 4 is 0 Å². The smallest absolute Gasteiger partial charge is 0.0912 e. The highest BCUT2D eigenvalue weighted by Crippen LogP contribution is 2.36. The average Bonchev–Trinajstić information content (AvgIpc) is 2.81. The van der Waals surface area contributed by atoms with E-state index in [0.29, 0.717) is 0 Å². The van der Waals surface area contributed by atoms with Gasteiger partial charge >= 0.3 is 0 Å². The van der Waals surface area contributed by atoms with E-state index in [1.54, 1.807) is 6.08 Å². The van der Waals surface area contributed by atoms with E-state index in [9.17, 15) is 0 Å². The fraction of sp³-hybridized carbons (Fsp3) is 0.833. The van der Waals surface area contributed by atoms with E-state index in [1.807, 2.05) is 18.2 Å². The summed E-state index contributed by atoms with van der Waals surface area (Å²) in [7, 11) is 0. The van der Waals surface area contributed by atoms with Crippen LogP contribution in [0.5, 0.6) is 0 Å². The molecule has 2 fully saturated rings. The monoisotopic (exact) mass is 425 g/mol. The van der Waals surface area contributed by atoms with Gasteiger partial charge in [0, 0.05) is 6.08 Å². The van der Waals surface area contributed by atoms with Crippen molar-refractivity contribution < 1.29 is 0 Å². The lowest BCUT2D eigenvalue weighted by Gasteiger charge is -2.30. The summed E-state index contributed by atoms with van der Waals surface area (Å²) in [5.74, 6) is 4.09. The molecule has 0 saturated heterocycles. The first kappa shape index (κ1) is 26.2. The van der Waals surface area contributed by atoms with Gasteiger partial charge in [-0.15, -0.1) is 0 Å². The first-order valence-electron chi connectivity index (χ1n) is 14.0. The maximum absolute atomic E-state index is 8.48. The summed E-state index contributed by atoms with van der Waals surface area (Å²) in [4.78, 5) is 0. The average molecular weight is 426 g/mol. The van der Waals surface area contributed by atoms with Crippen LogP contribution in [0, 0.1) is 35.0 Å². The second kappa shape index (κ2) is 17.5. The minimum absolute atomic E-state index is 0.947. The van der Waals surface area contributed by atoms with Gasteiger partial charge in [0.05, 0.1) is 6.07 Å². The Labute approximate surface area is 194 Å². The number of unbranched alkanes of at least 4 members (excludes halogenated alkanes) is 5. The van der Waals surface area contributed by atoms with Crippen LogP contribution in [0.25, 0.3) is 0 Å². The minimum Gasteiger partial charge on any atom is -0.193 e. The Morgan fingerprint density at radius 2 is 1.06 bits per heavy atom. The second-order valence-corrected chi connectivity index (χ2v) is 10.8. The Morgan fingerprint density at radius 1 is 0.613 bits per heavy atom. The normalized spacial score (nSPS) is 27.1.